The van der Waals surface area contributed by atoms with Gasteiger partial charge in [-0.15, -0.1) is 0 Å². The monoisotopic (exact) mass is 412 g/mol. The van der Waals surface area contributed by atoms with E-state index in [0.29, 0.717) is 17.6 Å². The first-order valence-corrected chi connectivity index (χ1v) is 10.8. The highest BCUT2D eigenvalue weighted by atomic mass is 19.1. The minimum Gasteiger partial charge on any atom is -0.465 e. The highest BCUT2D eigenvalue weighted by molar-refractivity contribution is 5.92. The van der Waals surface area contributed by atoms with Crippen molar-refractivity contribution in [3.63, 3.8) is 0 Å². The average Bonchev–Trinajstić information content (AvgIpc) is 2.73. The highest BCUT2D eigenvalue weighted by Gasteiger charge is 2.34. The number of halogens is 1. The molecular formula is C25H33FN2O2. The number of piperidine rings is 1. The van der Waals surface area contributed by atoms with E-state index in [4.69, 9.17) is 4.74 Å². The molecule has 1 saturated heterocycles. The van der Waals surface area contributed by atoms with Crippen molar-refractivity contribution in [3.05, 3.63) is 65.0 Å². The van der Waals surface area contributed by atoms with E-state index in [2.05, 4.69) is 54.8 Å². The Morgan fingerprint density at radius 2 is 1.80 bits per heavy atom. The Balaban J connectivity index is 1.83. The van der Waals surface area contributed by atoms with Gasteiger partial charge in [0.2, 0.25) is 0 Å². The first-order chi connectivity index (χ1) is 14.3. The summed E-state index contributed by atoms with van der Waals surface area (Å²) in [7, 11) is 1.33. The van der Waals surface area contributed by atoms with Crippen LogP contribution in [0, 0.1) is 12.7 Å². The van der Waals surface area contributed by atoms with E-state index in [9.17, 15) is 9.18 Å². The third kappa shape index (κ3) is 4.67. The van der Waals surface area contributed by atoms with Gasteiger partial charge in [0.1, 0.15) is 5.82 Å². The summed E-state index contributed by atoms with van der Waals surface area (Å²) in [5, 5.41) is 0. The third-order valence-electron chi connectivity index (χ3n) is 6.41. The van der Waals surface area contributed by atoms with E-state index in [1.807, 2.05) is 13.0 Å². The molecule has 1 aliphatic heterocycles. The lowest BCUT2D eigenvalue weighted by atomic mass is 9.90. The first kappa shape index (κ1) is 22.3. The zero-order valence-corrected chi connectivity index (χ0v) is 18.7. The smallest absolute Gasteiger partial charge is 0.338 e. The molecule has 0 spiro atoms. The summed E-state index contributed by atoms with van der Waals surface area (Å²) in [4.78, 5) is 16.9. The number of likely N-dealkylation sites (tertiary alicyclic amines) is 1. The number of hydrogen-bond acceptors (Lipinski definition) is 4. The number of methoxy groups -OCH3 is 1. The van der Waals surface area contributed by atoms with Crippen molar-refractivity contribution in [3.8, 4) is 0 Å². The van der Waals surface area contributed by atoms with E-state index < -0.39 is 11.8 Å². The Bertz CT molecular complexity index is 859. The molecule has 30 heavy (non-hydrogen) atoms. The second kappa shape index (κ2) is 9.61. The molecule has 0 bridgehead atoms. The van der Waals surface area contributed by atoms with E-state index >= 15 is 0 Å². The van der Waals surface area contributed by atoms with Crippen LogP contribution in [-0.2, 0) is 11.3 Å². The van der Waals surface area contributed by atoms with Crippen LogP contribution >= 0.6 is 0 Å². The molecule has 3 rings (SSSR count). The van der Waals surface area contributed by atoms with Gasteiger partial charge >= 0.3 is 5.97 Å². The van der Waals surface area contributed by atoms with E-state index in [1.54, 1.807) is 6.07 Å². The number of anilines is 1. The first-order valence-electron chi connectivity index (χ1n) is 10.8. The van der Waals surface area contributed by atoms with Crippen LogP contribution < -0.4 is 4.90 Å². The Morgan fingerprint density at radius 3 is 2.37 bits per heavy atom. The van der Waals surface area contributed by atoms with Gasteiger partial charge in [0.25, 0.3) is 0 Å². The molecule has 4 nitrogen and oxygen atoms in total. The lowest BCUT2D eigenvalue weighted by Crippen LogP contribution is -2.53. The summed E-state index contributed by atoms with van der Waals surface area (Å²) < 4.78 is 19.2. The molecular weight excluding hydrogens is 379 g/mol. The summed E-state index contributed by atoms with van der Waals surface area (Å²) in [6.07, 6.45) is 1.99. The van der Waals surface area contributed by atoms with Gasteiger partial charge in [0.05, 0.1) is 12.7 Å². The lowest BCUT2D eigenvalue weighted by Gasteiger charge is -2.47. The molecule has 0 aromatic heterocycles. The highest BCUT2D eigenvalue weighted by Crippen LogP contribution is 2.34. The molecule has 2 aromatic carbocycles. The Kier molecular flexibility index (Phi) is 7.14. The van der Waals surface area contributed by atoms with Crippen LogP contribution in [0.4, 0.5) is 10.1 Å². The molecule has 162 valence electrons. The summed E-state index contributed by atoms with van der Waals surface area (Å²) in [6, 6.07) is 14.5. The number of carbonyl (C=O) groups is 1. The van der Waals surface area contributed by atoms with Gasteiger partial charge < -0.3 is 9.64 Å². The number of hydrogen-bond donors (Lipinski definition) is 0. The Morgan fingerprint density at radius 1 is 1.17 bits per heavy atom. The van der Waals surface area contributed by atoms with E-state index in [1.165, 1.54) is 18.7 Å². The minimum atomic E-state index is -0.497. The van der Waals surface area contributed by atoms with Gasteiger partial charge in [-0.2, -0.15) is 0 Å². The second-order valence-corrected chi connectivity index (χ2v) is 8.36. The predicted octanol–water partition coefficient (Wildman–Crippen LogP) is 5.19. The summed E-state index contributed by atoms with van der Waals surface area (Å²) in [5.74, 6) is -0.902. The number of ether oxygens (including phenoxy) is 1. The molecule has 3 atom stereocenters. The number of benzene rings is 2. The molecule has 0 aliphatic carbocycles. The SMILES string of the molecule is CCN(c1cc(F)cc(C(=O)OC)c1C)[C@H]1C[C@@H](C)N(Cc2ccccc2)[C@@H](C)C1. The lowest BCUT2D eigenvalue weighted by molar-refractivity contribution is 0.0599. The van der Waals surface area contributed by atoms with Crippen molar-refractivity contribution in [2.24, 2.45) is 0 Å². The molecule has 0 amide bonds. The molecule has 1 fully saturated rings. The molecule has 5 heteroatoms. The second-order valence-electron chi connectivity index (χ2n) is 8.36. The zero-order valence-electron chi connectivity index (χ0n) is 18.7. The van der Waals surface area contributed by atoms with Crippen molar-refractivity contribution in [1.29, 1.82) is 0 Å². The number of nitrogens with zero attached hydrogens (tertiary/aromatic N) is 2. The zero-order chi connectivity index (χ0) is 21.8. The normalized spacial score (nSPS) is 22.0. The average molecular weight is 413 g/mol. The van der Waals surface area contributed by atoms with Crippen molar-refractivity contribution < 1.29 is 13.9 Å². The fourth-order valence-corrected chi connectivity index (χ4v) is 4.86. The molecule has 0 saturated carbocycles. The molecule has 1 aliphatic rings. The molecule has 0 radical (unpaired) electrons. The van der Waals surface area contributed by atoms with Gasteiger partial charge in [0, 0.05) is 36.9 Å². The predicted molar refractivity (Wildman–Crippen MR) is 119 cm³/mol. The molecule has 2 aromatic rings. The summed E-state index contributed by atoms with van der Waals surface area (Å²) in [5.41, 5.74) is 3.19. The largest absolute Gasteiger partial charge is 0.465 e. The number of rotatable bonds is 6. The van der Waals surface area contributed by atoms with Crippen LogP contribution in [0.15, 0.2) is 42.5 Å². The van der Waals surface area contributed by atoms with Gasteiger partial charge in [-0.25, -0.2) is 9.18 Å². The molecule has 0 N–H and O–H groups in total. The maximum atomic E-state index is 14.4. The van der Waals surface area contributed by atoms with Gasteiger partial charge in [-0.1, -0.05) is 30.3 Å². The third-order valence-corrected chi connectivity index (χ3v) is 6.41. The van der Waals surface area contributed by atoms with Crippen molar-refractivity contribution in [2.75, 3.05) is 18.6 Å². The minimum absolute atomic E-state index is 0.290. The van der Waals surface area contributed by atoms with Crippen LogP contribution in [0.2, 0.25) is 0 Å². The molecule has 0 unspecified atom stereocenters. The van der Waals surface area contributed by atoms with Crippen LogP contribution in [0.5, 0.6) is 0 Å². The molecule has 1 heterocycles. The van der Waals surface area contributed by atoms with Crippen molar-refractivity contribution >= 4 is 11.7 Å². The van der Waals surface area contributed by atoms with Crippen LogP contribution in [0.25, 0.3) is 0 Å². The van der Waals surface area contributed by atoms with Crippen LogP contribution in [-0.4, -0.2) is 42.6 Å². The van der Waals surface area contributed by atoms with Gasteiger partial charge in [-0.3, -0.25) is 4.90 Å². The maximum absolute atomic E-state index is 14.4. The number of esters is 1. The van der Waals surface area contributed by atoms with Crippen LogP contribution in [0.1, 0.15) is 55.1 Å². The fraction of sp³-hybridized carbons (Fsp3) is 0.480. The topological polar surface area (TPSA) is 32.8 Å². The van der Waals surface area contributed by atoms with Gasteiger partial charge in [-0.05, 0) is 63.8 Å². The maximum Gasteiger partial charge on any atom is 0.338 e. The van der Waals surface area contributed by atoms with E-state index in [-0.39, 0.29) is 6.04 Å². The van der Waals surface area contributed by atoms with Gasteiger partial charge in [0.15, 0.2) is 0 Å². The Labute approximate surface area is 179 Å². The van der Waals surface area contributed by atoms with Crippen LogP contribution in [0.3, 0.4) is 0 Å². The standard InChI is InChI=1S/C25H33FN2O2/c1-6-27(24-15-21(26)14-23(19(24)4)25(29)30-5)22-12-17(2)28(18(3)13-22)16-20-10-8-7-9-11-20/h7-11,14-15,17-18,22H,6,12-13,16H2,1-5H3/t17-,18+,22+. The van der Waals surface area contributed by atoms with E-state index in [0.717, 1.165) is 37.2 Å². The number of carbonyl (C=O) groups excluding carboxylic acids is 1. The fourth-order valence-electron chi connectivity index (χ4n) is 4.86. The van der Waals surface area contributed by atoms with Crippen molar-refractivity contribution in [1.82, 2.24) is 4.90 Å². The quantitative estimate of drug-likeness (QED) is 0.612. The van der Waals surface area contributed by atoms with Crippen molar-refractivity contribution in [2.45, 2.75) is 65.2 Å². The Hall–Kier alpha value is -2.40. The summed E-state index contributed by atoms with van der Waals surface area (Å²) >= 11 is 0. The summed E-state index contributed by atoms with van der Waals surface area (Å²) in [6.45, 7) is 10.2.